The molecule has 2 rings (SSSR count). The van der Waals surface area contributed by atoms with Crippen LogP contribution in [0.25, 0.3) is 0 Å². The van der Waals surface area contributed by atoms with Gasteiger partial charge >= 0.3 is 0 Å². The topological polar surface area (TPSA) is 84.0 Å². The Kier molecular flexibility index (Phi) is 9.96. The molecule has 0 spiro atoms. The first-order valence-corrected chi connectivity index (χ1v) is 12.4. The minimum atomic E-state index is -0.663. The van der Waals surface area contributed by atoms with Gasteiger partial charge in [-0.15, -0.1) is 0 Å². The largest absolute Gasteiger partial charge is 0.339 e. The summed E-state index contributed by atoms with van der Waals surface area (Å²) in [5.41, 5.74) is 1.99. The van der Waals surface area contributed by atoms with Gasteiger partial charge in [0, 0.05) is 17.6 Å². The molecule has 1 unspecified atom stereocenters. The van der Waals surface area contributed by atoms with Crippen molar-refractivity contribution in [2.24, 2.45) is 0 Å². The lowest BCUT2D eigenvalue weighted by atomic mass is 10.1. The number of nitrogens with zero attached hydrogens (tertiary/aromatic N) is 2. The molecule has 0 aliphatic rings. The van der Waals surface area contributed by atoms with Crippen molar-refractivity contribution in [1.82, 2.24) is 15.3 Å². The summed E-state index contributed by atoms with van der Waals surface area (Å²) >= 11 is 6.46. The van der Waals surface area contributed by atoms with E-state index in [0.717, 1.165) is 23.5 Å². The number of thioether (sulfide) groups is 2. The first-order valence-electron chi connectivity index (χ1n) is 9.27. The predicted octanol–water partition coefficient (Wildman–Crippen LogP) is 4.54. The standard InChI is InChI=1S/C20H25BrN4O2S2/c1-4-9-29-20-22-12-15(21)17(25-20)19(27)24-16(8-10-28-3)18(26)23-14-7-5-6-13(2)11-14/h5-7,11-12,16H,4,8-10H2,1-3H3,(H,23,26)(H,24,27). The molecule has 2 amide bonds. The van der Waals surface area contributed by atoms with Gasteiger partial charge in [0.2, 0.25) is 5.91 Å². The molecule has 1 atom stereocenters. The highest BCUT2D eigenvalue weighted by atomic mass is 79.9. The predicted molar refractivity (Wildman–Crippen MR) is 125 cm³/mol. The van der Waals surface area contributed by atoms with Gasteiger partial charge in [0.1, 0.15) is 11.7 Å². The van der Waals surface area contributed by atoms with E-state index in [2.05, 4.69) is 43.5 Å². The Morgan fingerprint density at radius 3 is 2.76 bits per heavy atom. The van der Waals surface area contributed by atoms with Crippen LogP contribution >= 0.6 is 39.5 Å². The number of carbonyl (C=O) groups excluding carboxylic acids is 2. The van der Waals surface area contributed by atoms with E-state index in [0.29, 0.717) is 21.7 Å². The summed E-state index contributed by atoms with van der Waals surface area (Å²) in [6.45, 7) is 4.03. The van der Waals surface area contributed by atoms with Crippen LogP contribution < -0.4 is 10.6 Å². The van der Waals surface area contributed by atoms with E-state index >= 15 is 0 Å². The molecular weight excluding hydrogens is 472 g/mol. The van der Waals surface area contributed by atoms with Crippen LogP contribution in [0.1, 0.15) is 35.8 Å². The van der Waals surface area contributed by atoms with Crippen molar-refractivity contribution in [2.45, 2.75) is 37.9 Å². The SMILES string of the molecule is CCCSc1ncc(Br)c(C(=O)NC(CCSC)C(=O)Nc2cccc(C)c2)n1. The van der Waals surface area contributed by atoms with Crippen LogP contribution in [0.3, 0.4) is 0 Å². The van der Waals surface area contributed by atoms with Gasteiger partial charge in [-0.25, -0.2) is 9.97 Å². The summed E-state index contributed by atoms with van der Waals surface area (Å²) < 4.78 is 0.499. The zero-order valence-electron chi connectivity index (χ0n) is 16.7. The maximum Gasteiger partial charge on any atom is 0.271 e. The summed E-state index contributed by atoms with van der Waals surface area (Å²) in [7, 11) is 0. The lowest BCUT2D eigenvalue weighted by Crippen LogP contribution is -2.44. The lowest BCUT2D eigenvalue weighted by Gasteiger charge is -2.18. The van der Waals surface area contributed by atoms with Gasteiger partial charge in [-0.3, -0.25) is 9.59 Å². The van der Waals surface area contributed by atoms with E-state index in [9.17, 15) is 9.59 Å². The second-order valence-electron chi connectivity index (χ2n) is 6.36. The van der Waals surface area contributed by atoms with Crippen molar-refractivity contribution in [1.29, 1.82) is 0 Å². The fourth-order valence-corrected chi connectivity index (χ4v) is 3.97. The number of nitrogens with one attached hydrogen (secondary N) is 2. The van der Waals surface area contributed by atoms with Crippen molar-refractivity contribution in [3.05, 3.63) is 46.2 Å². The second kappa shape index (κ2) is 12.2. The summed E-state index contributed by atoms with van der Waals surface area (Å²) in [4.78, 5) is 34.2. The number of aromatic nitrogens is 2. The Labute approximate surface area is 188 Å². The highest BCUT2D eigenvalue weighted by Gasteiger charge is 2.23. The summed E-state index contributed by atoms with van der Waals surface area (Å²) in [5, 5.41) is 6.27. The van der Waals surface area contributed by atoms with Crippen molar-refractivity contribution in [3.8, 4) is 0 Å². The number of carbonyl (C=O) groups is 2. The van der Waals surface area contributed by atoms with Gasteiger partial charge in [0.25, 0.3) is 5.91 Å². The van der Waals surface area contributed by atoms with E-state index in [4.69, 9.17) is 0 Å². The zero-order chi connectivity index (χ0) is 21.2. The molecule has 2 aromatic rings. The van der Waals surface area contributed by atoms with Crippen LogP contribution in [-0.2, 0) is 4.79 Å². The average Bonchev–Trinajstić information content (AvgIpc) is 2.70. The smallest absolute Gasteiger partial charge is 0.271 e. The Morgan fingerprint density at radius 1 is 1.28 bits per heavy atom. The fourth-order valence-electron chi connectivity index (χ4n) is 2.46. The van der Waals surface area contributed by atoms with Crippen LogP contribution in [-0.4, -0.2) is 45.6 Å². The number of halogens is 1. The van der Waals surface area contributed by atoms with Gasteiger partial charge in [-0.05, 0) is 65.4 Å². The van der Waals surface area contributed by atoms with Crippen LogP contribution in [0.2, 0.25) is 0 Å². The molecule has 9 heteroatoms. The third kappa shape index (κ3) is 7.64. The van der Waals surface area contributed by atoms with E-state index in [1.807, 2.05) is 37.4 Å². The highest BCUT2D eigenvalue weighted by molar-refractivity contribution is 9.10. The third-order valence-electron chi connectivity index (χ3n) is 3.89. The van der Waals surface area contributed by atoms with Gasteiger partial charge in [-0.2, -0.15) is 11.8 Å². The number of amides is 2. The summed E-state index contributed by atoms with van der Waals surface area (Å²) in [5.74, 6) is 0.971. The monoisotopic (exact) mass is 496 g/mol. The third-order valence-corrected chi connectivity index (χ3v) is 6.18. The molecule has 0 radical (unpaired) electrons. The Balaban J connectivity index is 2.14. The molecule has 0 aliphatic heterocycles. The minimum absolute atomic E-state index is 0.233. The van der Waals surface area contributed by atoms with E-state index in [-0.39, 0.29) is 11.6 Å². The molecule has 0 aliphatic carbocycles. The Hall–Kier alpha value is -1.58. The summed E-state index contributed by atoms with van der Waals surface area (Å²) in [6, 6.07) is 6.90. The number of benzene rings is 1. The molecular formula is C20H25BrN4O2S2. The number of hydrogen-bond acceptors (Lipinski definition) is 6. The van der Waals surface area contributed by atoms with E-state index in [1.54, 1.807) is 18.0 Å². The van der Waals surface area contributed by atoms with Gasteiger partial charge in [-0.1, -0.05) is 30.8 Å². The van der Waals surface area contributed by atoms with Crippen molar-refractivity contribution < 1.29 is 9.59 Å². The van der Waals surface area contributed by atoms with Crippen molar-refractivity contribution >= 4 is 57.0 Å². The lowest BCUT2D eigenvalue weighted by molar-refractivity contribution is -0.118. The molecule has 0 bridgehead atoms. The molecule has 156 valence electrons. The zero-order valence-corrected chi connectivity index (χ0v) is 19.9. The van der Waals surface area contributed by atoms with Gasteiger partial charge in [0.05, 0.1) is 4.47 Å². The molecule has 29 heavy (non-hydrogen) atoms. The number of aryl methyl sites for hydroxylation is 1. The normalized spacial score (nSPS) is 11.7. The molecule has 1 aromatic heterocycles. The van der Waals surface area contributed by atoms with Gasteiger partial charge in [0.15, 0.2) is 5.16 Å². The maximum absolute atomic E-state index is 12.8. The molecule has 0 fully saturated rings. The maximum atomic E-state index is 12.8. The van der Waals surface area contributed by atoms with Crippen LogP contribution in [0, 0.1) is 6.92 Å². The van der Waals surface area contributed by atoms with Gasteiger partial charge < -0.3 is 10.6 Å². The molecule has 1 aromatic carbocycles. The quantitative estimate of drug-likeness (QED) is 0.371. The molecule has 1 heterocycles. The fraction of sp³-hybridized carbons (Fsp3) is 0.400. The van der Waals surface area contributed by atoms with Crippen LogP contribution in [0.4, 0.5) is 5.69 Å². The van der Waals surface area contributed by atoms with Crippen molar-refractivity contribution in [2.75, 3.05) is 23.1 Å². The molecule has 2 N–H and O–H groups in total. The first kappa shape index (κ1) is 23.7. The molecule has 6 nitrogen and oxygen atoms in total. The molecule has 0 saturated carbocycles. The first-order chi connectivity index (χ1) is 13.9. The Morgan fingerprint density at radius 2 is 2.07 bits per heavy atom. The second-order valence-corrected chi connectivity index (χ2v) is 9.27. The average molecular weight is 497 g/mol. The Bertz CT molecular complexity index is 851. The van der Waals surface area contributed by atoms with E-state index in [1.165, 1.54) is 11.8 Å². The van der Waals surface area contributed by atoms with Crippen LogP contribution in [0.5, 0.6) is 0 Å². The summed E-state index contributed by atoms with van der Waals surface area (Å²) in [6.07, 6.45) is 5.05. The number of hydrogen-bond donors (Lipinski definition) is 2. The minimum Gasteiger partial charge on any atom is -0.339 e. The number of rotatable bonds is 10. The number of anilines is 1. The highest BCUT2D eigenvalue weighted by Crippen LogP contribution is 2.20. The van der Waals surface area contributed by atoms with Crippen molar-refractivity contribution in [3.63, 3.8) is 0 Å². The van der Waals surface area contributed by atoms with Crippen LogP contribution in [0.15, 0.2) is 40.1 Å². The molecule has 0 saturated heterocycles. The van der Waals surface area contributed by atoms with E-state index < -0.39 is 11.9 Å².